The molecule has 54 valence electrons. The quantitative estimate of drug-likeness (QED) is 0.664. The Morgan fingerprint density at radius 3 is 2.90 bits per heavy atom. The predicted octanol–water partition coefficient (Wildman–Crippen LogP) is 3.59. The Morgan fingerprint density at radius 2 is 2.40 bits per heavy atom. The van der Waals surface area contributed by atoms with Crippen LogP contribution in [0.5, 0.6) is 0 Å². The average molecular weight is 217 g/mol. The third-order valence-electron chi connectivity index (χ3n) is 1.85. The van der Waals surface area contributed by atoms with Crippen molar-refractivity contribution in [1.82, 2.24) is 0 Å². The number of hydrogen-bond acceptors (Lipinski definition) is 1. The Bertz CT molecular complexity index is 201. The minimum atomic E-state index is 0.646. The largest absolute Gasteiger partial charge is 0.148 e. The van der Waals surface area contributed by atoms with Crippen LogP contribution in [0.3, 0.4) is 0 Å². The van der Waals surface area contributed by atoms with Crippen LogP contribution in [0.4, 0.5) is 0 Å². The van der Waals surface area contributed by atoms with Gasteiger partial charge in [-0.2, -0.15) is 0 Å². The van der Waals surface area contributed by atoms with Crippen molar-refractivity contribution in [3.8, 4) is 0 Å². The van der Waals surface area contributed by atoms with Crippen molar-refractivity contribution >= 4 is 27.3 Å². The van der Waals surface area contributed by atoms with Gasteiger partial charge in [0.25, 0.3) is 0 Å². The second kappa shape index (κ2) is 2.67. The van der Waals surface area contributed by atoms with Gasteiger partial charge in [0.15, 0.2) is 0 Å². The SMILES string of the molecule is BrC(c1cccs1)C1CC1. The summed E-state index contributed by atoms with van der Waals surface area (Å²) < 4.78 is 0. The molecular weight excluding hydrogens is 208 g/mol. The van der Waals surface area contributed by atoms with Gasteiger partial charge in [0.2, 0.25) is 0 Å². The summed E-state index contributed by atoms with van der Waals surface area (Å²) in [7, 11) is 0. The minimum absolute atomic E-state index is 0.646. The Morgan fingerprint density at radius 1 is 1.60 bits per heavy atom. The fourth-order valence-electron chi connectivity index (χ4n) is 1.07. The third kappa shape index (κ3) is 1.28. The lowest BCUT2D eigenvalue weighted by molar-refractivity contribution is 0.837. The van der Waals surface area contributed by atoms with Crippen molar-refractivity contribution in [1.29, 1.82) is 0 Å². The third-order valence-corrected chi connectivity index (χ3v) is 4.35. The molecule has 0 radical (unpaired) electrons. The van der Waals surface area contributed by atoms with E-state index in [1.54, 1.807) is 0 Å². The van der Waals surface area contributed by atoms with Crippen LogP contribution in [-0.2, 0) is 0 Å². The second-order valence-corrected chi connectivity index (χ2v) is 4.72. The standard InChI is InChI=1S/C8H9BrS/c9-8(6-3-4-6)7-2-1-5-10-7/h1-2,5-6,8H,3-4H2. The number of hydrogen-bond donors (Lipinski definition) is 0. The lowest BCUT2D eigenvalue weighted by Gasteiger charge is -2.02. The molecule has 0 N–H and O–H groups in total. The molecule has 0 aromatic carbocycles. The number of halogens is 1. The summed E-state index contributed by atoms with van der Waals surface area (Å²) in [6.07, 6.45) is 2.82. The Kier molecular flexibility index (Phi) is 1.83. The molecule has 0 aliphatic heterocycles. The highest BCUT2D eigenvalue weighted by Crippen LogP contribution is 2.47. The minimum Gasteiger partial charge on any atom is -0.148 e. The van der Waals surface area contributed by atoms with Gasteiger partial charge in [-0.3, -0.25) is 0 Å². The van der Waals surface area contributed by atoms with E-state index in [9.17, 15) is 0 Å². The zero-order valence-electron chi connectivity index (χ0n) is 5.59. The van der Waals surface area contributed by atoms with Crippen molar-refractivity contribution in [2.24, 2.45) is 5.92 Å². The van der Waals surface area contributed by atoms with Gasteiger partial charge in [-0.1, -0.05) is 22.0 Å². The molecule has 2 heteroatoms. The van der Waals surface area contributed by atoms with Gasteiger partial charge in [-0.15, -0.1) is 11.3 Å². The van der Waals surface area contributed by atoms with Gasteiger partial charge < -0.3 is 0 Å². The van der Waals surface area contributed by atoms with E-state index in [0.29, 0.717) is 4.83 Å². The predicted molar refractivity (Wildman–Crippen MR) is 48.7 cm³/mol. The Labute approximate surface area is 73.4 Å². The van der Waals surface area contributed by atoms with Crippen molar-refractivity contribution in [3.63, 3.8) is 0 Å². The van der Waals surface area contributed by atoms with Crippen molar-refractivity contribution < 1.29 is 0 Å². The molecule has 0 bridgehead atoms. The molecule has 1 aromatic heterocycles. The van der Waals surface area contributed by atoms with Gasteiger partial charge in [0.1, 0.15) is 0 Å². The molecule has 1 aromatic rings. The summed E-state index contributed by atoms with van der Waals surface area (Å²) in [4.78, 5) is 2.13. The van der Waals surface area contributed by atoms with Crippen molar-refractivity contribution in [2.75, 3.05) is 0 Å². The van der Waals surface area contributed by atoms with Crippen molar-refractivity contribution in [2.45, 2.75) is 17.7 Å². The van der Waals surface area contributed by atoms with E-state index in [1.807, 2.05) is 11.3 Å². The zero-order chi connectivity index (χ0) is 6.97. The Balaban J connectivity index is 2.11. The molecule has 1 aliphatic rings. The van der Waals surface area contributed by atoms with Crippen molar-refractivity contribution in [3.05, 3.63) is 22.4 Å². The number of rotatable bonds is 2. The van der Waals surface area contributed by atoms with Crippen LogP contribution in [0.25, 0.3) is 0 Å². The first-order valence-corrected chi connectivity index (χ1v) is 5.35. The highest BCUT2D eigenvalue weighted by Gasteiger charge is 2.30. The smallest absolute Gasteiger partial charge is 0.0517 e. The summed E-state index contributed by atoms with van der Waals surface area (Å²) in [6, 6.07) is 4.33. The van der Waals surface area contributed by atoms with E-state index in [-0.39, 0.29) is 0 Å². The van der Waals surface area contributed by atoms with Crippen LogP contribution in [0.2, 0.25) is 0 Å². The van der Waals surface area contributed by atoms with Crippen LogP contribution in [-0.4, -0.2) is 0 Å². The van der Waals surface area contributed by atoms with E-state index >= 15 is 0 Å². The monoisotopic (exact) mass is 216 g/mol. The fourth-order valence-corrected chi connectivity index (χ4v) is 2.87. The molecule has 2 rings (SSSR count). The maximum Gasteiger partial charge on any atom is 0.0517 e. The molecule has 0 amide bonds. The Hall–Kier alpha value is 0.180. The van der Waals surface area contributed by atoms with Crippen LogP contribution in [0.1, 0.15) is 22.5 Å². The van der Waals surface area contributed by atoms with Gasteiger partial charge in [-0.05, 0) is 30.2 Å². The number of thiophene rings is 1. The van der Waals surface area contributed by atoms with Crippen LogP contribution < -0.4 is 0 Å². The molecule has 10 heavy (non-hydrogen) atoms. The van der Waals surface area contributed by atoms with E-state index in [0.717, 1.165) is 5.92 Å². The molecule has 1 fully saturated rings. The second-order valence-electron chi connectivity index (χ2n) is 2.75. The van der Waals surface area contributed by atoms with Gasteiger partial charge in [0, 0.05) is 4.88 Å². The molecule has 0 spiro atoms. The molecule has 1 saturated carbocycles. The van der Waals surface area contributed by atoms with Gasteiger partial charge >= 0.3 is 0 Å². The zero-order valence-corrected chi connectivity index (χ0v) is 7.99. The van der Waals surface area contributed by atoms with E-state index < -0.39 is 0 Å². The highest BCUT2D eigenvalue weighted by molar-refractivity contribution is 9.09. The molecule has 1 heterocycles. The molecule has 0 nitrogen and oxygen atoms in total. The maximum absolute atomic E-state index is 3.70. The lowest BCUT2D eigenvalue weighted by Crippen LogP contribution is -1.85. The normalized spacial score (nSPS) is 20.9. The first-order valence-electron chi connectivity index (χ1n) is 3.55. The van der Waals surface area contributed by atoms with E-state index in [4.69, 9.17) is 0 Å². The first kappa shape index (κ1) is 6.86. The molecular formula is C8H9BrS. The lowest BCUT2D eigenvalue weighted by atomic mass is 10.2. The summed E-state index contributed by atoms with van der Waals surface area (Å²) in [6.45, 7) is 0. The summed E-state index contributed by atoms with van der Waals surface area (Å²) in [5, 5.41) is 2.14. The maximum atomic E-state index is 3.70. The summed E-state index contributed by atoms with van der Waals surface area (Å²) >= 11 is 5.55. The van der Waals surface area contributed by atoms with Crippen LogP contribution in [0.15, 0.2) is 17.5 Å². The topological polar surface area (TPSA) is 0 Å². The fraction of sp³-hybridized carbons (Fsp3) is 0.500. The molecule has 1 unspecified atom stereocenters. The summed E-state index contributed by atoms with van der Waals surface area (Å²) in [5.74, 6) is 0.929. The molecule has 1 atom stereocenters. The van der Waals surface area contributed by atoms with E-state index in [1.165, 1.54) is 17.7 Å². The van der Waals surface area contributed by atoms with E-state index in [2.05, 4.69) is 33.4 Å². The molecule has 1 aliphatic carbocycles. The van der Waals surface area contributed by atoms with Crippen LogP contribution >= 0.6 is 27.3 Å². The van der Waals surface area contributed by atoms with Gasteiger partial charge in [-0.25, -0.2) is 0 Å². The number of alkyl halides is 1. The average Bonchev–Trinajstić information content (AvgIpc) is 2.65. The molecule has 0 saturated heterocycles. The highest BCUT2D eigenvalue weighted by atomic mass is 79.9. The van der Waals surface area contributed by atoms with Crippen LogP contribution in [0, 0.1) is 5.92 Å². The summed E-state index contributed by atoms with van der Waals surface area (Å²) in [5.41, 5.74) is 0. The first-order chi connectivity index (χ1) is 4.88. The van der Waals surface area contributed by atoms with Gasteiger partial charge in [0.05, 0.1) is 4.83 Å².